The number of anilines is 1. The summed E-state index contributed by atoms with van der Waals surface area (Å²) in [5.41, 5.74) is 7.92. The minimum atomic E-state index is 0.951. The van der Waals surface area contributed by atoms with Gasteiger partial charge in [-0.25, -0.2) is 4.98 Å². The lowest BCUT2D eigenvalue weighted by molar-refractivity contribution is 0.823. The van der Waals surface area contributed by atoms with Crippen molar-refractivity contribution in [3.05, 3.63) is 47.1 Å². The Hall–Kier alpha value is -2.03. The number of nitrogens with one attached hydrogen (secondary N) is 1. The zero-order chi connectivity index (χ0) is 15.0. The number of nitrogens with zero attached hydrogens (tertiary/aromatic N) is 2. The maximum atomic E-state index is 4.55. The summed E-state index contributed by atoms with van der Waals surface area (Å²) in [7, 11) is 0. The molecule has 0 radical (unpaired) electrons. The quantitative estimate of drug-likeness (QED) is 0.844. The van der Waals surface area contributed by atoms with E-state index in [0.29, 0.717) is 0 Å². The predicted molar refractivity (Wildman–Crippen MR) is 89.2 cm³/mol. The molecule has 21 heavy (non-hydrogen) atoms. The number of fused-ring (bicyclic) bond motifs is 1. The van der Waals surface area contributed by atoms with Crippen LogP contribution >= 0.6 is 0 Å². The number of H-pyrrole nitrogens is 1. The summed E-state index contributed by atoms with van der Waals surface area (Å²) in [4.78, 5) is 10.1. The van der Waals surface area contributed by atoms with Crippen molar-refractivity contribution in [3.63, 3.8) is 0 Å². The third-order valence-electron chi connectivity index (χ3n) is 4.49. The van der Waals surface area contributed by atoms with E-state index in [1.165, 1.54) is 28.2 Å². The molecule has 1 N–H and O–H groups in total. The molecule has 0 bridgehead atoms. The molecule has 0 saturated carbocycles. The van der Waals surface area contributed by atoms with Crippen LogP contribution in [0.15, 0.2) is 47.1 Å². The van der Waals surface area contributed by atoms with Crippen LogP contribution in [-0.2, 0) is 0 Å². The molecule has 0 amide bonds. The lowest BCUT2D eigenvalue weighted by Gasteiger charge is -2.35. The number of pyridine rings is 1. The highest BCUT2D eigenvalue weighted by Gasteiger charge is 2.23. The Morgan fingerprint density at radius 3 is 2.76 bits per heavy atom. The molecule has 0 aromatic carbocycles. The Morgan fingerprint density at radius 2 is 2.05 bits per heavy atom. The number of hydrogen-bond donors (Lipinski definition) is 1. The van der Waals surface area contributed by atoms with E-state index in [1.54, 1.807) is 0 Å². The van der Waals surface area contributed by atoms with Crippen molar-refractivity contribution in [2.75, 3.05) is 4.90 Å². The molecule has 110 valence electrons. The minimum absolute atomic E-state index is 0.951. The van der Waals surface area contributed by atoms with Crippen molar-refractivity contribution in [2.45, 2.75) is 47.0 Å². The Labute approximate surface area is 126 Å². The van der Waals surface area contributed by atoms with Gasteiger partial charge in [0.2, 0.25) is 0 Å². The number of rotatable bonds is 3. The van der Waals surface area contributed by atoms with Gasteiger partial charge in [0.15, 0.2) is 0 Å². The van der Waals surface area contributed by atoms with Gasteiger partial charge in [0.1, 0.15) is 5.65 Å². The zero-order valence-electron chi connectivity index (χ0n) is 13.3. The Kier molecular flexibility index (Phi) is 3.58. The molecule has 1 aliphatic rings. The maximum Gasteiger partial charge on any atom is 0.137 e. The van der Waals surface area contributed by atoms with E-state index < -0.39 is 0 Å². The first kappa shape index (κ1) is 13.9. The van der Waals surface area contributed by atoms with Crippen LogP contribution in [0.3, 0.4) is 0 Å². The molecular weight excluding hydrogens is 258 g/mol. The third-order valence-corrected chi connectivity index (χ3v) is 4.49. The fourth-order valence-corrected chi connectivity index (χ4v) is 3.34. The van der Waals surface area contributed by atoms with Crippen molar-refractivity contribution in [3.8, 4) is 0 Å². The van der Waals surface area contributed by atoms with Crippen molar-refractivity contribution in [2.24, 2.45) is 0 Å². The summed E-state index contributed by atoms with van der Waals surface area (Å²) in [6.07, 6.45) is 7.19. The van der Waals surface area contributed by atoms with Crippen LogP contribution in [0.2, 0.25) is 0 Å². The minimum Gasteiger partial charge on any atom is -0.346 e. The molecule has 1 aliphatic heterocycles. The Bertz CT molecular complexity index is 734. The molecule has 3 heteroatoms. The fourth-order valence-electron chi connectivity index (χ4n) is 3.34. The highest BCUT2D eigenvalue weighted by molar-refractivity contribution is 5.80. The molecule has 0 aliphatic carbocycles. The lowest BCUT2D eigenvalue weighted by atomic mass is 9.94. The Balaban J connectivity index is 2.15. The van der Waals surface area contributed by atoms with Crippen molar-refractivity contribution >= 4 is 16.7 Å². The van der Waals surface area contributed by atoms with Crippen LogP contribution < -0.4 is 4.90 Å². The van der Waals surface area contributed by atoms with Crippen LogP contribution in [0.1, 0.15) is 47.0 Å². The molecule has 3 nitrogen and oxygen atoms in total. The second-order valence-electron chi connectivity index (χ2n) is 5.74. The first-order valence-electron chi connectivity index (χ1n) is 7.76. The van der Waals surface area contributed by atoms with E-state index in [9.17, 15) is 0 Å². The molecule has 0 saturated heterocycles. The molecular formula is C18H23N3. The average Bonchev–Trinajstić information content (AvgIpc) is 2.96. The summed E-state index contributed by atoms with van der Waals surface area (Å²) in [5, 5.41) is 1.16. The third kappa shape index (κ3) is 2.27. The van der Waals surface area contributed by atoms with Crippen LogP contribution in [-0.4, -0.2) is 9.97 Å². The predicted octanol–water partition coefficient (Wildman–Crippen LogP) is 5.14. The van der Waals surface area contributed by atoms with Crippen LogP contribution in [0, 0.1) is 0 Å². The van der Waals surface area contributed by atoms with E-state index in [0.717, 1.165) is 30.3 Å². The molecule has 0 fully saturated rings. The van der Waals surface area contributed by atoms with Gasteiger partial charge in [-0.05, 0) is 56.4 Å². The molecule has 0 unspecified atom stereocenters. The largest absolute Gasteiger partial charge is 0.346 e. The average molecular weight is 281 g/mol. The van der Waals surface area contributed by atoms with Gasteiger partial charge in [-0.2, -0.15) is 0 Å². The van der Waals surface area contributed by atoms with E-state index in [2.05, 4.69) is 54.7 Å². The standard InChI is InChI=1S/C18H23N3/c1-5-14-9-12(3)17(6-2)21(13(14)4)16-10-15-7-8-19-18(15)20-11-16/h7-8,10-11H,5-6,9H2,1-4H3,(H,19,20). The number of aromatic amines is 1. The molecule has 2 aromatic heterocycles. The van der Waals surface area contributed by atoms with Gasteiger partial charge >= 0.3 is 0 Å². The Morgan fingerprint density at radius 1 is 1.24 bits per heavy atom. The van der Waals surface area contributed by atoms with E-state index >= 15 is 0 Å². The monoisotopic (exact) mass is 281 g/mol. The van der Waals surface area contributed by atoms with Gasteiger partial charge in [0.25, 0.3) is 0 Å². The van der Waals surface area contributed by atoms with Gasteiger partial charge < -0.3 is 9.88 Å². The first-order valence-corrected chi connectivity index (χ1v) is 7.76. The second-order valence-corrected chi connectivity index (χ2v) is 5.74. The normalized spacial score (nSPS) is 16.3. The van der Waals surface area contributed by atoms with Crippen LogP contribution in [0.4, 0.5) is 5.69 Å². The summed E-state index contributed by atoms with van der Waals surface area (Å²) in [5.74, 6) is 0. The summed E-state index contributed by atoms with van der Waals surface area (Å²) < 4.78 is 0. The molecule has 0 spiro atoms. The fraction of sp³-hybridized carbons (Fsp3) is 0.389. The van der Waals surface area contributed by atoms with Gasteiger partial charge in [0, 0.05) is 23.0 Å². The SMILES string of the molecule is CCC1=C(C)N(c2cnc3[nH]ccc3c2)C(CC)=C(C)C1. The molecule has 3 heterocycles. The second kappa shape index (κ2) is 5.40. The van der Waals surface area contributed by atoms with Crippen molar-refractivity contribution in [1.29, 1.82) is 0 Å². The lowest BCUT2D eigenvalue weighted by Crippen LogP contribution is -2.26. The maximum absolute atomic E-state index is 4.55. The molecule has 0 atom stereocenters. The number of hydrogen-bond acceptors (Lipinski definition) is 2. The smallest absolute Gasteiger partial charge is 0.137 e. The van der Waals surface area contributed by atoms with Gasteiger partial charge in [0.05, 0.1) is 11.9 Å². The van der Waals surface area contributed by atoms with Gasteiger partial charge in [-0.1, -0.05) is 13.8 Å². The van der Waals surface area contributed by atoms with Crippen molar-refractivity contribution < 1.29 is 0 Å². The zero-order valence-corrected chi connectivity index (χ0v) is 13.3. The van der Waals surface area contributed by atoms with Crippen LogP contribution in [0.5, 0.6) is 0 Å². The van der Waals surface area contributed by atoms with Gasteiger partial charge in [-0.3, -0.25) is 0 Å². The van der Waals surface area contributed by atoms with E-state index in [4.69, 9.17) is 0 Å². The molecule has 2 aromatic rings. The van der Waals surface area contributed by atoms with E-state index in [1.807, 2.05) is 12.4 Å². The summed E-state index contributed by atoms with van der Waals surface area (Å²) in [6, 6.07) is 4.31. The highest BCUT2D eigenvalue weighted by atomic mass is 15.2. The van der Waals surface area contributed by atoms with Crippen molar-refractivity contribution in [1.82, 2.24) is 9.97 Å². The highest BCUT2D eigenvalue weighted by Crippen LogP contribution is 2.37. The van der Waals surface area contributed by atoms with Crippen LogP contribution in [0.25, 0.3) is 11.0 Å². The topological polar surface area (TPSA) is 31.9 Å². The van der Waals surface area contributed by atoms with E-state index in [-0.39, 0.29) is 0 Å². The molecule has 3 rings (SSSR count). The summed E-state index contributed by atoms with van der Waals surface area (Å²) >= 11 is 0. The van der Waals surface area contributed by atoms with Gasteiger partial charge in [-0.15, -0.1) is 0 Å². The number of aromatic nitrogens is 2. The number of allylic oxidation sites excluding steroid dienone is 4. The summed E-state index contributed by atoms with van der Waals surface area (Å²) in [6.45, 7) is 8.98. The first-order chi connectivity index (χ1) is 10.2.